The van der Waals surface area contributed by atoms with Gasteiger partial charge in [-0.2, -0.15) is 0 Å². The van der Waals surface area contributed by atoms with Crippen LogP contribution in [-0.4, -0.2) is 36.9 Å². The molecule has 1 fully saturated rings. The second-order valence-corrected chi connectivity index (χ2v) is 5.08. The average molecular weight is 257 g/mol. The second-order valence-electron chi connectivity index (χ2n) is 5.08. The molecule has 0 saturated heterocycles. The number of aliphatic hydroxyl groups excluding tert-OH is 1. The van der Waals surface area contributed by atoms with Gasteiger partial charge in [0.2, 0.25) is 0 Å². The molecule has 1 aliphatic rings. The van der Waals surface area contributed by atoms with Crippen LogP contribution >= 0.6 is 0 Å². The third kappa shape index (κ3) is 6.36. The molecule has 0 spiro atoms. The van der Waals surface area contributed by atoms with Gasteiger partial charge >= 0.3 is 5.97 Å². The Bertz CT molecular complexity index is 233. The van der Waals surface area contributed by atoms with E-state index in [0.717, 1.165) is 51.6 Å². The largest absolute Gasteiger partial charge is 0.466 e. The molecule has 0 aromatic carbocycles. The molecule has 1 saturated carbocycles. The first-order valence-corrected chi connectivity index (χ1v) is 7.28. The second kappa shape index (κ2) is 9.34. The Morgan fingerprint density at radius 2 is 2.17 bits per heavy atom. The highest BCUT2D eigenvalue weighted by molar-refractivity contribution is 5.69. The number of ether oxygens (including phenoxy) is 1. The van der Waals surface area contributed by atoms with Crippen LogP contribution in [0.2, 0.25) is 0 Å². The van der Waals surface area contributed by atoms with E-state index in [1.54, 1.807) is 0 Å². The molecule has 2 unspecified atom stereocenters. The third-order valence-corrected chi connectivity index (χ3v) is 3.57. The summed E-state index contributed by atoms with van der Waals surface area (Å²) in [5, 5.41) is 13.0. The molecule has 0 bridgehead atoms. The fraction of sp³-hybridized carbons (Fsp3) is 0.929. The van der Waals surface area contributed by atoms with Crippen molar-refractivity contribution in [1.29, 1.82) is 0 Å². The number of rotatable bonds is 9. The Balaban J connectivity index is 1.85. The lowest BCUT2D eigenvalue weighted by Gasteiger charge is -2.14. The molecule has 0 radical (unpaired) electrons. The molecule has 106 valence electrons. The first-order chi connectivity index (χ1) is 8.74. The molecular weight excluding hydrogens is 230 g/mol. The fourth-order valence-corrected chi connectivity index (χ4v) is 2.47. The van der Waals surface area contributed by atoms with Gasteiger partial charge < -0.3 is 15.2 Å². The van der Waals surface area contributed by atoms with Crippen molar-refractivity contribution in [2.24, 2.45) is 5.92 Å². The van der Waals surface area contributed by atoms with E-state index in [1.807, 2.05) is 6.92 Å². The molecule has 4 nitrogen and oxygen atoms in total. The van der Waals surface area contributed by atoms with Crippen molar-refractivity contribution in [2.45, 2.75) is 58.0 Å². The predicted octanol–water partition coefficient (Wildman–Crippen LogP) is 1.86. The van der Waals surface area contributed by atoms with Crippen LogP contribution in [0.15, 0.2) is 0 Å². The van der Waals surface area contributed by atoms with E-state index < -0.39 is 0 Å². The first kappa shape index (κ1) is 15.4. The van der Waals surface area contributed by atoms with Crippen molar-refractivity contribution < 1.29 is 14.6 Å². The Kier molecular flexibility index (Phi) is 8.01. The Morgan fingerprint density at radius 1 is 1.33 bits per heavy atom. The van der Waals surface area contributed by atoms with Gasteiger partial charge in [0.25, 0.3) is 0 Å². The smallest absolute Gasteiger partial charge is 0.305 e. The number of aliphatic hydroxyl groups is 1. The van der Waals surface area contributed by atoms with Crippen molar-refractivity contribution in [3.63, 3.8) is 0 Å². The lowest BCUT2D eigenvalue weighted by Crippen LogP contribution is -2.28. The molecule has 0 aromatic heterocycles. The zero-order valence-electron chi connectivity index (χ0n) is 11.5. The molecule has 2 atom stereocenters. The normalized spacial score (nSPS) is 23.2. The van der Waals surface area contributed by atoms with Crippen molar-refractivity contribution in [2.75, 3.05) is 19.7 Å². The summed E-state index contributed by atoms with van der Waals surface area (Å²) in [5.41, 5.74) is 0. The van der Waals surface area contributed by atoms with Crippen LogP contribution in [0.25, 0.3) is 0 Å². The van der Waals surface area contributed by atoms with E-state index in [1.165, 1.54) is 0 Å². The average Bonchev–Trinajstić information content (AvgIpc) is 2.74. The summed E-state index contributed by atoms with van der Waals surface area (Å²) in [4.78, 5) is 11.1. The number of carbonyl (C=O) groups excluding carboxylic acids is 1. The summed E-state index contributed by atoms with van der Waals surface area (Å²) in [6.07, 6.45) is 6.76. The van der Waals surface area contributed by atoms with Gasteiger partial charge in [-0.05, 0) is 45.1 Å². The van der Waals surface area contributed by atoms with Gasteiger partial charge in [0.1, 0.15) is 0 Å². The molecule has 0 aromatic rings. The van der Waals surface area contributed by atoms with Crippen molar-refractivity contribution in [3.8, 4) is 0 Å². The zero-order valence-corrected chi connectivity index (χ0v) is 11.5. The van der Waals surface area contributed by atoms with Crippen LogP contribution in [0.1, 0.15) is 51.9 Å². The molecule has 4 heteroatoms. The molecule has 0 aliphatic heterocycles. The Labute approximate surface area is 110 Å². The van der Waals surface area contributed by atoms with Crippen LogP contribution in [0.3, 0.4) is 0 Å². The SMILES string of the molecule is CCOC(=O)CCCCCNCC1CCCC1O. The summed E-state index contributed by atoms with van der Waals surface area (Å²) in [7, 11) is 0. The molecule has 2 N–H and O–H groups in total. The minimum Gasteiger partial charge on any atom is -0.466 e. The maximum absolute atomic E-state index is 11.1. The molecule has 1 aliphatic carbocycles. The van der Waals surface area contributed by atoms with Crippen LogP contribution in [0, 0.1) is 5.92 Å². The monoisotopic (exact) mass is 257 g/mol. The van der Waals surface area contributed by atoms with E-state index in [2.05, 4.69) is 5.32 Å². The zero-order chi connectivity index (χ0) is 13.2. The van der Waals surface area contributed by atoms with Crippen LogP contribution in [0.5, 0.6) is 0 Å². The van der Waals surface area contributed by atoms with Crippen LogP contribution in [-0.2, 0) is 9.53 Å². The Hall–Kier alpha value is -0.610. The number of unbranched alkanes of at least 4 members (excludes halogenated alkanes) is 2. The summed E-state index contributed by atoms with van der Waals surface area (Å²) in [6, 6.07) is 0. The highest BCUT2D eigenvalue weighted by Gasteiger charge is 2.24. The minimum absolute atomic E-state index is 0.0838. The van der Waals surface area contributed by atoms with Gasteiger partial charge in [-0.25, -0.2) is 0 Å². The fourth-order valence-electron chi connectivity index (χ4n) is 2.47. The van der Waals surface area contributed by atoms with Crippen molar-refractivity contribution in [1.82, 2.24) is 5.32 Å². The highest BCUT2D eigenvalue weighted by atomic mass is 16.5. The number of hydrogen-bond acceptors (Lipinski definition) is 4. The van der Waals surface area contributed by atoms with E-state index in [-0.39, 0.29) is 12.1 Å². The molecule has 18 heavy (non-hydrogen) atoms. The number of esters is 1. The van der Waals surface area contributed by atoms with E-state index in [4.69, 9.17) is 4.74 Å². The lowest BCUT2D eigenvalue weighted by atomic mass is 10.1. The topological polar surface area (TPSA) is 58.6 Å². The Morgan fingerprint density at radius 3 is 2.83 bits per heavy atom. The van der Waals surface area contributed by atoms with Gasteiger partial charge in [0.05, 0.1) is 12.7 Å². The summed E-state index contributed by atoms with van der Waals surface area (Å²) in [5.74, 6) is 0.365. The molecule has 1 rings (SSSR count). The van der Waals surface area contributed by atoms with Crippen LogP contribution < -0.4 is 5.32 Å². The van der Waals surface area contributed by atoms with E-state index in [0.29, 0.717) is 18.9 Å². The van der Waals surface area contributed by atoms with E-state index >= 15 is 0 Å². The lowest BCUT2D eigenvalue weighted by molar-refractivity contribution is -0.143. The van der Waals surface area contributed by atoms with Gasteiger partial charge in [0.15, 0.2) is 0 Å². The van der Waals surface area contributed by atoms with Gasteiger partial charge in [-0.15, -0.1) is 0 Å². The quantitative estimate of drug-likeness (QED) is 0.489. The minimum atomic E-state index is -0.0960. The number of nitrogens with one attached hydrogen (secondary N) is 1. The number of hydrogen-bond donors (Lipinski definition) is 2. The number of carbonyl (C=O) groups is 1. The van der Waals surface area contributed by atoms with Crippen LogP contribution in [0.4, 0.5) is 0 Å². The van der Waals surface area contributed by atoms with E-state index in [9.17, 15) is 9.90 Å². The standard InChI is InChI=1S/C14H27NO3/c1-2-18-14(17)9-4-3-5-10-15-11-12-7-6-8-13(12)16/h12-13,15-16H,2-11H2,1H3. The third-order valence-electron chi connectivity index (χ3n) is 3.57. The van der Waals surface area contributed by atoms with Crippen molar-refractivity contribution in [3.05, 3.63) is 0 Å². The summed E-state index contributed by atoms with van der Waals surface area (Å²) < 4.78 is 4.87. The molecular formula is C14H27NO3. The first-order valence-electron chi connectivity index (χ1n) is 7.28. The van der Waals surface area contributed by atoms with Gasteiger partial charge in [0, 0.05) is 13.0 Å². The van der Waals surface area contributed by atoms with Crippen molar-refractivity contribution >= 4 is 5.97 Å². The maximum atomic E-state index is 11.1. The predicted molar refractivity (Wildman–Crippen MR) is 71.3 cm³/mol. The molecule has 0 heterocycles. The summed E-state index contributed by atoms with van der Waals surface area (Å²) >= 11 is 0. The van der Waals surface area contributed by atoms with Gasteiger partial charge in [-0.3, -0.25) is 4.79 Å². The maximum Gasteiger partial charge on any atom is 0.305 e. The van der Waals surface area contributed by atoms with Gasteiger partial charge in [-0.1, -0.05) is 12.8 Å². The highest BCUT2D eigenvalue weighted by Crippen LogP contribution is 2.24. The molecule has 0 amide bonds. The summed E-state index contributed by atoms with van der Waals surface area (Å²) in [6.45, 7) is 4.22.